The number of nitrogens with two attached hydrogens (primary N) is 1. The van der Waals surface area contributed by atoms with Gasteiger partial charge in [-0.05, 0) is 42.7 Å². The van der Waals surface area contributed by atoms with Gasteiger partial charge in [0, 0.05) is 31.5 Å². The highest BCUT2D eigenvalue weighted by atomic mass is 16.2. The monoisotopic (exact) mass is 283 g/mol. The molecule has 2 aromatic rings. The number of amides is 1. The van der Waals surface area contributed by atoms with Crippen LogP contribution in [0, 0.1) is 0 Å². The molecule has 21 heavy (non-hydrogen) atoms. The van der Waals surface area contributed by atoms with Crippen LogP contribution in [0.3, 0.4) is 0 Å². The first-order chi connectivity index (χ1) is 10.1. The summed E-state index contributed by atoms with van der Waals surface area (Å²) in [6.07, 6.45) is 4.61. The van der Waals surface area contributed by atoms with E-state index in [9.17, 15) is 4.79 Å². The number of carbonyl (C=O) groups is 1. The van der Waals surface area contributed by atoms with Crippen LogP contribution in [0.25, 0.3) is 0 Å². The van der Waals surface area contributed by atoms with Crippen molar-refractivity contribution in [2.75, 3.05) is 12.8 Å². The van der Waals surface area contributed by atoms with Crippen LogP contribution < -0.4 is 5.73 Å². The van der Waals surface area contributed by atoms with Crippen molar-refractivity contribution < 1.29 is 4.79 Å². The van der Waals surface area contributed by atoms with Crippen molar-refractivity contribution in [2.45, 2.75) is 25.8 Å². The van der Waals surface area contributed by atoms with Crippen LogP contribution in [0.2, 0.25) is 0 Å². The van der Waals surface area contributed by atoms with E-state index in [4.69, 9.17) is 5.73 Å². The molecule has 110 valence electrons. The van der Waals surface area contributed by atoms with Gasteiger partial charge in [-0.1, -0.05) is 18.2 Å². The molecule has 2 rings (SSSR count). The maximum Gasteiger partial charge on any atom is 0.223 e. The fourth-order valence-electron chi connectivity index (χ4n) is 2.26. The van der Waals surface area contributed by atoms with Crippen LogP contribution in [0.1, 0.15) is 30.5 Å². The Morgan fingerprint density at radius 2 is 1.90 bits per heavy atom. The number of aromatic nitrogens is 1. The molecule has 1 aromatic heterocycles. The van der Waals surface area contributed by atoms with Gasteiger partial charge in [0.15, 0.2) is 0 Å². The van der Waals surface area contributed by atoms with Gasteiger partial charge in [-0.3, -0.25) is 9.78 Å². The summed E-state index contributed by atoms with van der Waals surface area (Å²) in [4.78, 5) is 18.1. The van der Waals surface area contributed by atoms with E-state index in [1.807, 2.05) is 50.4 Å². The number of anilines is 1. The van der Waals surface area contributed by atoms with Gasteiger partial charge in [-0.2, -0.15) is 0 Å². The highest BCUT2D eigenvalue weighted by Crippen LogP contribution is 2.19. The molecule has 0 radical (unpaired) electrons. The highest BCUT2D eigenvalue weighted by Gasteiger charge is 2.17. The molecule has 0 saturated carbocycles. The van der Waals surface area contributed by atoms with E-state index in [1.54, 1.807) is 17.3 Å². The van der Waals surface area contributed by atoms with Crippen LogP contribution in [0.4, 0.5) is 5.69 Å². The molecule has 0 spiro atoms. The largest absolute Gasteiger partial charge is 0.399 e. The Morgan fingerprint density at radius 3 is 2.57 bits per heavy atom. The molecular formula is C17H21N3O. The molecule has 1 atom stereocenters. The van der Waals surface area contributed by atoms with E-state index in [-0.39, 0.29) is 11.9 Å². The standard InChI is InChI=1S/C17H21N3O/c1-13(14-9-11-19-12-10-14)20(2)17(21)8-7-15-5-3-4-6-16(15)18/h3-6,9-13H,7-8,18H2,1-2H3. The van der Waals surface area contributed by atoms with Crippen LogP contribution in [-0.4, -0.2) is 22.8 Å². The number of rotatable bonds is 5. The van der Waals surface area contributed by atoms with E-state index in [1.165, 1.54) is 0 Å². The molecule has 0 saturated heterocycles. The Morgan fingerprint density at radius 1 is 1.24 bits per heavy atom. The molecule has 0 bridgehead atoms. The highest BCUT2D eigenvalue weighted by molar-refractivity contribution is 5.77. The van der Waals surface area contributed by atoms with Gasteiger partial charge in [-0.25, -0.2) is 0 Å². The first-order valence-electron chi connectivity index (χ1n) is 7.08. The molecule has 0 aliphatic rings. The van der Waals surface area contributed by atoms with Crippen LogP contribution in [0.15, 0.2) is 48.8 Å². The predicted octanol–water partition coefficient (Wildman–Crippen LogP) is 2.82. The maximum atomic E-state index is 12.3. The third-order valence-corrected chi connectivity index (χ3v) is 3.83. The lowest BCUT2D eigenvalue weighted by Gasteiger charge is -2.25. The van der Waals surface area contributed by atoms with Gasteiger partial charge in [0.1, 0.15) is 0 Å². The number of aryl methyl sites for hydroxylation is 1. The number of benzene rings is 1. The van der Waals surface area contributed by atoms with Gasteiger partial charge < -0.3 is 10.6 Å². The number of hydrogen-bond donors (Lipinski definition) is 1. The zero-order valence-electron chi connectivity index (χ0n) is 12.5. The summed E-state index contributed by atoms with van der Waals surface area (Å²) in [6.45, 7) is 2.02. The second-order valence-electron chi connectivity index (χ2n) is 5.16. The van der Waals surface area contributed by atoms with Crippen molar-refractivity contribution in [3.05, 3.63) is 59.9 Å². The molecule has 0 aliphatic heterocycles. The van der Waals surface area contributed by atoms with E-state index >= 15 is 0 Å². The topological polar surface area (TPSA) is 59.2 Å². The summed E-state index contributed by atoms with van der Waals surface area (Å²) in [5.74, 6) is 0.113. The molecular weight excluding hydrogens is 262 g/mol. The van der Waals surface area contributed by atoms with Crippen LogP contribution in [-0.2, 0) is 11.2 Å². The lowest BCUT2D eigenvalue weighted by atomic mass is 10.1. The fourth-order valence-corrected chi connectivity index (χ4v) is 2.26. The Balaban J connectivity index is 1.95. The van der Waals surface area contributed by atoms with E-state index in [0.717, 1.165) is 16.8 Å². The Labute approximate surface area is 125 Å². The summed E-state index contributed by atoms with van der Waals surface area (Å²) in [6, 6.07) is 11.6. The SMILES string of the molecule is CC(c1ccncc1)N(C)C(=O)CCc1ccccc1N. The van der Waals surface area contributed by atoms with Crippen molar-refractivity contribution in [3.63, 3.8) is 0 Å². The predicted molar refractivity (Wildman–Crippen MR) is 84.6 cm³/mol. The number of hydrogen-bond acceptors (Lipinski definition) is 3. The minimum Gasteiger partial charge on any atom is -0.399 e. The van der Waals surface area contributed by atoms with Crippen molar-refractivity contribution in [2.24, 2.45) is 0 Å². The van der Waals surface area contributed by atoms with Crippen molar-refractivity contribution in [3.8, 4) is 0 Å². The third kappa shape index (κ3) is 3.81. The first kappa shape index (κ1) is 15.0. The normalized spacial score (nSPS) is 11.9. The van der Waals surface area contributed by atoms with Gasteiger partial charge >= 0.3 is 0 Å². The van der Waals surface area contributed by atoms with Crippen molar-refractivity contribution in [1.29, 1.82) is 0 Å². The molecule has 2 N–H and O–H groups in total. The average Bonchev–Trinajstić information content (AvgIpc) is 2.53. The van der Waals surface area contributed by atoms with Crippen LogP contribution >= 0.6 is 0 Å². The lowest BCUT2D eigenvalue weighted by molar-refractivity contribution is -0.131. The minimum absolute atomic E-state index is 0.0358. The zero-order valence-corrected chi connectivity index (χ0v) is 12.5. The molecule has 1 heterocycles. The molecule has 4 heteroatoms. The molecule has 1 amide bonds. The van der Waals surface area contributed by atoms with E-state index < -0.39 is 0 Å². The van der Waals surface area contributed by atoms with Crippen molar-refractivity contribution in [1.82, 2.24) is 9.88 Å². The summed E-state index contributed by atoms with van der Waals surface area (Å²) in [7, 11) is 1.84. The molecule has 0 fully saturated rings. The second-order valence-corrected chi connectivity index (χ2v) is 5.16. The Hall–Kier alpha value is -2.36. The molecule has 4 nitrogen and oxygen atoms in total. The number of para-hydroxylation sites is 1. The van der Waals surface area contributed by atoms with Gasteiger partial charge in [0.05, 0.1) is 6.04 Å². The fraction of sp³-hybridized carbons (Fsp3) is 0.294. The third-order valence-electron chi connectivity index (χ3n) is 3.83. The number of carbonyl (C=O) groups excluding carboxylic acids is 1. The zero-order chi connectivity index (χ0) is 15.2. The summed E-state index contributed by atoms with van der Waals surface area (Å²) >= 11 is 0. The summed E-state index contributed by atoms with van der Waals surface area (Å²) in [5, 5.41) is 0. The number of pyridine rings is 1. The quantitative estimate of drug-likeness (QED) is 0.858. The first-order valence-corrected chi connectivity index (χ1v) is 7.08. The van der Waals surface area contributed by atoms with Crippen LogP contribution in [0.5, 0.6) is 0 Å². The number of nitrogen functional groups attached to an aromatic ring is 1. The van der Waals surface area contributed by atoms with E-state index in [2.05, 4.69) is 4.98 Å². The average molecular weight is 283 g/mol. The molecule has 1 aromatic carbocycles. The van der Waals surface area contributed by atoms with Gasteiger partial charge in [0.25, 0.3) is 0 Å². The van der Waals surface area contributed by atoms with E-state index in [0.29, 0.717) is 12.8 Å². The smallest absolute Gasteiger partial charge is 0.223 e. The Kier molecular flexibility index (Phi) is 4.93. The number of nitrogens with zero attached hydrogens (tertiary/aromatic N) is 2. The summed E-state index contributed by atoms with van der Waals surface area (Å²) in [5.41, 5.74) is 8.75. The molecule has 1 unspecified atom stereocenters. The maximum absolute atomic E-state index is 12.3. The molecule has 0 aliphatic carbocycles. The lowest BCUT2D eigenvalue weighted by Crippen LogP contribution is -2.29. The van der Waals surface area contributed by atoms with Crippen molar-refractivity contribution >= 4 is 11.6 Å². The minimum atomic E-state index is 0.0358. The van der Waals surface area contributed by atoms with Gasteiger partial charge in [0.2, 0.25) is 5.91 Å². The summed E-state index contributed by atoms with van der Waals surface area (Å²) < 4.78 is 0. The Bertz CT molecular complexity index is 598. The van der Waals surface area contributed by atoms with Gasteiger partial charge in [-0.15, -0.1) is 0 Å². The second kappa shape index (κ2) is 6.88.